The SMILES string of the molecule is CN1CCN(c2nncc(Nc3cc(Cl)cc(Cl)c3)n2)CC1. The van der Waals surface area contributed by atoms with Crippen molar-refractivity contribution >= 4 is 40.7 Å². The molecule has 6 nitrogen and oxygen atoms in total. The molecule has 1 saturated heterocycles. The van der Waals surface area contributed by atoms with Crippen molar-refractivity contribution in [2.24, 2.45) is 0 Å². The van der Waals surface area contributed by atoms with Gasteiger partial charge in [-0.15, -0.1) is 5.10 Å². The lowest BCUT2D eigenvalue weighted by atomic mass is 10.3. The number of rotatable bonds is 3. The Balaban J connectivity index is 1.76. The van der Waals surface area contributed by atoms with Gasteiger partial charge in [-0.25, -0.2) is 0 Å². The molecule has 0 spiro atoms. The predicted molar refractivity (Wildman–Crippen MR) is 89.3 cm³/mol. The second kappa shape index (κ2) is 6.64. The Kier molecular flexibility index (Phi) is 4.61. The highest BCUT2D eigenvalue weighted by molar-refractivity contribution is 6.35. The van der Waals surface area contributed by atoms with E-state index in [1.54, 1.807) is 24.4 Å². The first-order valence-corrected chi connectivity index (χ1v) is 7.72. The van der Waals surface area contributed by atoms with Crippen LogP contribution in [-0.4, -0.2) is 53.3 Å². The molecule has 1 N–H and O–H groups in total. The van der Waals surface area contributed by atoms with Gasteiger partial charge in [0.2, 0.25) is 5.95 Å². The maximum absolute atomic E-state index is 6.00. The number of hydrogen-bond donors (Lipinski definition) is 1. The van der Waals surface area contributed by atoms with E-state index in [0.717, 1.165) is 31.9 Å². The summed E-state index contributed by atoms with van der Waals surface area (Å²) < 4.78 is 0. The topological polar surface area (TPSA) is 57.2 Å². The van der Waals surface area contributed by atoms with Crippen LogP contribution < -0.4 is 10.2 Å². The van der Waals surface area contributed by atoms with Crippen molar-refractivity contribution in [1.29, 1.82) is 0 Å². The fraction of sp³-hybridized carbons (Fsp3) is 0.357. The summed E-state index contributed by atoms with van der Waals surface area (Å²) in [5.74, 6) is 1.24. The lowest BCUT2D eigenvalue weighted by Gasteiger charge is -2.32. The number of hydrogen-bond acceptors (Lipinski definition) is 6. The second-order valence-electron chi connectivity index (χ2n) is 5.22. The molecule has 8 heteroatoms. The molecule has 3 rings (SSSR count). The Morgan fingerprint density at radius 1 is 1.05 bits per heavy atom. The molecule has 1 aliphatic rings. The molecular weight excluding hydrogens is 323 g/mol. The summed E-state index contributed by atoms with van der Waals surface area (Å²) in [6, 6.07) is 5.25. The van der Waals surface area contributed by atoms with Gasteiger partial charge in [0.15, 0.2) is 5.82 Å². The van der Waals surface area contributed by atoms with Crippen LogP contribution >= 0.6 is 23.2 Å². The molecular formula is C14H16Cl2N6. The molecule has 0 radical (unpaired) electrons. The van der Waals surface area contributed by atoms with E-state index < -0.39 is 0 Å². The Hall–Kier alpha value is -1.63. The van der Waals surface area contributed by atoms with Gasteiger partial charge in [-0.1, -0.05) is 23.2 Å². The van der Waals surface area contributed by atoms with Gasteiger partial charge in [-0.3, -0.25) is 0 Å². The highest BCUT2D eigenvalue weighted by Crippen LogP contribution is 2.24. The molecule has 0 saturated carbocycles. The maximum atomic E-state index is 6.00. The van der Waals surface area contributed by atoms with Crippen LogP contribution in [0, 0.1) is 0 Å². The van der Waals surface area contributed by atoms with Crippen molar-refractivity contribution in [2.45, 2.75) is 0 Å². The molecule has 1 aromatic heterocycles. The molecule has 0 unspecified atom stereocenters. The van der Waals surface area contributed by atoms with E-state index in [0.29, 0.717) is 21.8 Å². The van der Waals surface area contributed by atoms with Crippen molar-refractivity contribution < 1.29 is 0 Å². The number of benzene rings is 1. The fourth-order valence-corrected chi connectivity index (χ4v) is 2.79. The second-order valence-corrected chi connectivity index (χ2v) is 6.09. The van der Waals surface area contributed by atoms with Crippen LogP contribution in [-0.2, 0) is 0 Å². The number of nitrogens with zero attached hydrogens (tertiary/aromatic N) is 5. The van der Waals surface area contributed by atoms with Crippen LogP contribution in [0.3, 0.4) is 0 Å². The summed E-state index contributed by atoms with van der Waals surface area (Å²) in [5, 5.41) is 12.4. The first-order chi connectivity index (χ1) is 10.6. The van der Waals surface area contributed by atoms with E-state index in [1.165, 1.54) is 0 Å². The van der Waals surface area contributed by atoms with E-state index >= 15 is 0 Å². The largest absolute Gasteiger partial charge is 0.339 e. The fourth-order valence-electron chi connectivity index (χ4n) is 2.27. The molecule has 0 bridgehead atoms. The molecule has 0 amide bonds. The van der Waals surface area contributed by atoms with Crippen LogP contribution in [0.4, 0.5) is 17.5 Å². The minimum atomic E-state index is 0.566. The van der Waals surface area contributed by atoms with Gasteiger partial charge in [0.1, 0.15) is 0 Å². The normalized spacial score (nSPS) is 15.9. The summed E-state index contributed by atoms with van der Waals surface area (Å²) in [5.41, 5.74) is 0.766. The number of likely N-dealkylation sites (N-methyl/N-ethyl adjacent to an activating group) is 1. The van der Waals surface area contributed by atoms with E-state index in [2.05, 4.69) is 37.3 Å². The number of aromatic nitrogens is 3. The number of piperazine rings is 1. The first-order valence-electron chi connectivity index (χ1n) is 6.96. The maximum Gasteiger partial charge on any atom is 0.247 e. The zero-order valence-corrected chi connectivity index (χ0v) is 13.6. The zero-order chi connectivity index (χ0) is 15.5. The van der Waals surface area contributed by atoms with Crippen molar-refractivity contribution in [3.63, 3.8) is 0 Å². The van der Waals surface area contributed by atoms with Crippen molar-refractivity contribution in [2.75, 3.05) is 43.4 Å². The van der Waals surface area contributed by atoms with Crippen molar-refractivity contribution in [1.82, 2.24) is 20.1 Å². The van der Waals surface area contributed by atoms with E-state index in [9.17, 15) is 0 Å². The molecule has 2 heterocycles. The first kappa shape index (κ1) is 15.3. The smallest absolute Gasteiger partial charge is 0.247 e. The van der Waals surface area contributed by atoms with E-state index in [-0.39, 0.29) is 0 Å². The minimum absolute atomic E-state index is 0.566. The third kappa shape index (κ3) is 3.76. The minimum Gasteiger partial charge on any atom is -0.339 e. The quantitative estimate of drug-likeness (QED) is 0.928. The molecule has 116 valence electrons. The number of halogens is 2. The zero-order valence-electron chi connectivity index (χ0n) is 12.1. The Bertz CT molecular complexity index is 637. The molecule has 1 aliphatic heterocycles. The van der Waals surface area contributed by atoms with Gasteiger partial charge in [0, 0.05) is 41.9 Å². The predicted octanol–water partition coefficient (Wildman–Crippen LogP) is 2.67. The third-order valence-electron chi connectivity index (χ3n) is 3.47. The van der Waals surface area contributed by atoms with E-state index in [4.69, 9.17) is 23.2 Å². The highest BCUT2D eigenvalue weighted by Gasteiger charge is 2.17. The van der Waals surface area contributed by atoms with Gasteiger partial charge in [-0.05, 0) is 25.2 Å². The summed E-state index contributed by atoms with van der Waals surface area (Å²) in [4.78, 5) is 8.92. The third-order valence-corrected chi connectivity index (χ3v) is 3.91. The van der Waals surface area contributed by atoms with Gasteiger partial charge in [0.25, 0.3) is 0 Å². The van der Waals surface area contributed by atoms with Crippen LogP contribution in [0.1, 0.15) is 0 Å². The van der Waals surface area contributed by atoms with Crippen molar-refractivity contribution in [3.8, 4) is 0 Å². The van der Waals surface area contributed by atoms with Gasteiger partial charge in [0.05, 0.1) is 6.20 Å². The molecule has 22 heavy (non-hydrogen) atoms. The number of anilines is 3. The average molecular weight is 339 g/mol. The Morgan fingerprint density at radius 3 is 2.41 bits per heavy atom. The van der Waals surface area contributed by atoms with Crippen LogP contribution in [0.15, 0.2) is 24.4 Å². The highest BCUT2D eigenvalue weighted by atomic mass is 35.5. The molecule has 1 aromatic carbocycles. The van der Waals surface area contributed by atoms with Gasteiger partial charge < -0.3 is 15.1 Å². The van der Waals surface area contributed by atoms with Gasteiger partial charge in [-0.2, -0.15) is 10.1 Å². The van der Waals surface area contributed by atoms with Crippen molar-refractivity contribution in [3.05, 3.63) is 34.4 Å². The average Bonchev–Trinajstić information content (AvgIpc) is 2.47. The summed E-state index contributed by atoms with van der Waals surface area (Å²) in [6.45, 7) is 3.77. The van der Waals surface area contributed by atoms with E-state index in [1.807, 2.05) is 0 Å². The standard InChI is InChI=1S/C14H16Cl2N6/c1-21-2-4-22(5-3-21)14-19-13(9-17-20-14)18-12-7-10(15)6-11(16)8-12/h6-9H,2-5H2,1H3,(H,18,19,20). The lowest BCUT2D eigenvalue weighted by Crippen LogP contribution is -2.45. The lowest BCUT2D eigenvalue weighted by molar-refractivity contribution is 0.311. The molecule has 0 aliphatic carbocycles. The Morgan fingerprint density at radius 2 is 1.73 bits per heavy atom. The van der Waals surface area contributed by atoms with Crippen LogP contribution in [0.25, 0.3) is 0 Å². The molecule has 1 fully saturated rings. The van der Waals surface area contributed by atoms with Crippen LogP contribution in [0.2, 0.25) is 10.0 Å². The van der Waals surface area contributed by atoms with Crippen LogP contribution in [0.5, 0.6) is 0 Å². The summed E-state index contributed by atoms with van der Waals surface area (Å²) in [6.07, 6.45) is 1.58. The molecule has 0 atom stereocenters. The monoisotopic (exact) mass is 338 g/mol. The number of nitrogens with one attached hydrogen (secondary N) is 1. The summed E-state index contributed by atoms with van der Waals surface area (Å²) in [7, 11) is 2.11. The summed E-state index contributed by atoms with van der Waals surface area (Å²) >= 11 is 12.0. The van der Waals surface area contributed by atoms with Gasteiger partial charge >= 0.3 is 0 Å². The Labute approximate surface area is 139 Å². The molecule has 2 aromatic rings.